The SMILES string of the molecule is CCCCCCCC[C@@H](F)COc1ccc(-c2ncc(CC[C@H](F)CCCCCC)cn2)cc1. The van der Waals surface area contributed by atoms with Gasteiger partial charge in [-0.25, -0.2) is 18.7 Å². The Morgan fingerprint density at radius 2 is 1.26 bits per heavy atom. The third-order valence-electron chi connectivity index (χ3n) is 6.24. The van der Waals surface area contributed by atoms with Crippen LogP contribution >= 0.6 is 0 Å². The van der Waals surface area contributed by atoms with E-state index in [0.717, 1.165) is 36.8 Å². The normalized spacial score (nSPS) is 13.1. The Morgan fingerprint density at radius 3 is 1.91 bits per heavy atom. The highest BCUT2D eigenvalue weighted by molar-refractivity contribution is 5.55. The lowest BCUT2D eigenvalue weighted by atomic mass is 10.0. The molecule has 0 spiro atoms. The number of ether oxygens (including phenoxy) is 1. The summed E-state index contributed by atoms with van der Waals surface area (Å²) in [5.74, 6) is 1.27. The second-order valence-corrected chi connectivity index (χ2v) is 9.39. The molecule has 0 saturated heterocycles. The van der Waals surface area contributed by atoms with Gasteiger partial charge in [-0.2, -0.15) is 0 Å². The van der Waals surface area contributed by atoms with E-state index in [1.165, 1.54) is 38.5 Å². The van der Waals surface area contributed by atoms with Crippen molar-refractivity contribution in [3.05, 3.63) is 42.2 Å². The number of rotatable bonds is 19. The van der Waals surface area contributed by atoms with Crippen molar-refractivity contribution < 1.29 is 13.5 Å². The highest BCUT2D eigenvalue weighted by atomic mass is 19.1. The highest BCUT2D eigenvalue weighted by Gasteiger charge is 2.10. The van der Waals surface area contributed by atoms with Gasteiger partial charge in [-0.3, -0.25) is 0 Å². The standard InChI is InChI=1S/C29H44F2N2O/c1-3-5-7-9-10-12-14-27(31)23-34-28-19-16-25(17-20-28)29-32-21-24(22-33-29)15-18-26(30)13-11-8-6-4-2/h16-17,19-22,26-27H,3-15,18,23H2,1-2H3/t26-,27-/m1/s1. The second kappa shape index (κ2) is 17.4. The molecule has 2 aromatic rings. The van der Waals surface area contributed by atoms with E-state index in [2.05, 4.69) is 23.8 Å². The van der Waals surface area contributed by atoms with Crippen molar-refractivity contribution in [3.8, 4) is 17.1 Å². The van der Waals surface area contributed by atoms with Gasteiger partial charge in [0.2, 0.25) is 0 Å². The molecule has 0 saturated carbocycles. The summed E-state index contributed by atoms with van der Waals surface area (Å²) < 4.78 is 33.8. The average Bonchev–Trinajstić information content (AvgIpc) is 2.87. The van der Waals surface area contributed by atoms with Crippen LogP contribution in [0.3, 0.4) is 0 Å². The summed E-state index contributed by atoms with van der Waals surface area (Å²) in [6.07, 6.45) is 15.7. The molecule has 0 aliphatic rings. The van der Waals surface area contributed by atoms with Crippen LogP contribution in [-0.4, -0.2) is 28.9 Å². The molecule has 0 fully saturated rings. The summed E-state index contributed by atoms with van der Waals surface area (Å²) in [6, 6.07) is 7.44. The zero-order valence-corrected chi connectivity index (χ0v) is 21.3. The van der Waals surface area contributed by atoms with Gasteiger partial charge >= 0.3 is 0 Å². The maximum atomic E-state index is 14.1. The molecule has 0 aliphatic carbocycles. The van der Waals surface area contributed by atoms with Crippen molar-refractivity contribution in [2.75, 3.05) is 6.61 Å². The van der Waals surface area contributed by atoms with Crippen LogP contribution in [0, 0.1) is 0 Å². The molecule has 0 unspecified atom stereocenters. The fourth-order valence-corrected chi connectivity index (χ4v) is 4.01. The molecule has 190 valence electrons. The Bertz CT molecular complexity index is 752. The number of aromatic nitrogens is 2. The number of nitrogens with zero attached hydrogens (tertiary/aromatic N) is 2. The molecule has 5 heteroatoms. The van der Waals surface area contributed by atoms with Gasteiger partial charge in [0.25, 0.3) is 0 Å². The molecule has 1 aromatic carbocycles. The summed E-state index contributed by atoms with van der Waals surface area (Å²) in [4.78, 5) is 8.89. The lowest BCUT2D eigenvalue weighted by Crippen LogP contribution is -2.12. The molecule has 0 aliphatic heterocycles. The first-order valence-corrected chi connectivity index (χ1v) is 13.4. The van der Waals surface area contributed by atoms with Gasteiger partial charge in [0.1, 0.15) is 24.7 Å². The lowest BCUT2D eigenvalue weighted by molar-refractivity contribution is 0.184. The predicted molar refractivity (Wildman–Crippen MR) is 138 cm³/mol. The largest absolute Gasteiger partial charge is 0.491 e. The van der Waals surface area contributed by atoms with Gasteiger partial charge in [0.15, 0.2) is 5.82 Å². The fraction of sp³-hybridized carbons (Fsp3) is 0.655. The first-order chi connectivity index (χ1) is 16.6. The molecule has 2 rings (SSSR count). The van der Waals surface area contributed by atoms with E-state index < -0.39 is 12.3 Å². The van der Waals surface area contributed by atoms with Crippen LogP contribution in [0.2, 0.25) is 0 Å². The van der Waals surface area contributed by atoms with Crippen molar-refractivity contribution in [3.63, 3.8) is 0 Å². The minimum absolute atomic E-state index is 0.0909. The molecule has 2 atom stereocenters. The van der Waals surface area contributed by atoms with Crippen LogP contribution < -0.4 is 4.74 Å². The molecule has 3 nitrogen and oxygen atoms in total. The van der Waals surface area contributed by atoms with E-state index in [9.17, 15) is 8.78 Å². The Hall–Kier alpha value is -2.04. The summed E-state index contributed by atoms with van der Waals surface area (Å²) in [7, 11) is 0. The van der Waals surface area contributed by atoms with Gasteiger partial charge < -0.3 is 4.74 Å². The van der Waals surface area contributed by atoms with Crippen molar-refractivity contribution >= 4 is 0 Å². The monoisotopic (exact) mass is 474 g/mol. The average molecular weight is 475 g/mol. The first-order valence-electron chi connectivity index (χ1n) is 13.4. The van der Waals surface area contributed by atoms with E-state index >= 15 is 0 Å². The van der Waals surface area contributed by atoms with E-state index in [1.807, 2.05) is 24.3 Å². The summed E-state index contributed by atoms with van der Waals surface area (Å²) in [5, 5.41) is 0. The second-order valence-electron chi connectivity index (χ2n) is 9.39. The van der Waals surface area contributed by atoms with Crippen LogP contribution in [0.15, 0.2) is 36.7 Å². The minimum Gasteiger partial charge on any atom is -0.491 e. The van der Waals surface area contributed by atoms with Gasteiger partial charge in [-0.05, 0) is 55.5 Å². The van der Waals surface area contributed by atoms with Crippen LogP contribution in [0.25, 0.3) is 11.4 Å². The van der Waals surface area contributed by atoms with Crippen molar-refractivity contribution in [1.82, 2.24) is 9.97 Å². The number of unbranched alkanes of at least 4 members (excludes halogenated alkanes) is 8. The third-order valence-corrected chi connectivity index (χ3v) is 6.24. The molecule has 0 N–H and O–H groups in total. The Labute approximate surface area is 205 Å². The first kappa shape index (κ1) is 28.2. The Kier molecular flexibility index (Phi) is 14.4. The van der Waals surface area contributed by atoms with E-state index in [-0.39, 0.29) is 6.61 Å². The van der Waals surface area contributed by atoms with Crippen molar-refractivity contribution in [2.24, 2.45) is 0 Å². The van der Waals surface area contributed by atoms with Crippen molar-refractivity contribution in [1.29, 1.82) is 0 Å². The van der Waals surface area contributed by atoms with E-state index in [4.69, 9.17) is 4.74 Å². The molecule has 34 heavy (non-hydrogen) atoms. The maximum absolute atomic E-state index is 14.1. The molecular formula is C29H44F2N2O. The summed E-state index contributed by atoms with van der Waals surface area (Å²) >= 11 is 0. The van der Waals surface area contributed by atoms with Gasteiger partial charge in [0, 0.05) is 18.0 Å². The molecular weight excluding hydrogens is 430 g/mol. The third kappa shape index (κ3) is 11.9. The minimum atomic E-state index is -0.929. The van der Waals surface area contributed by atoms with E-state index in [0.29, 0.717) is 37.3 Å². The fourth-order valence-electron chi connectivity index (χ4n) is 4.01. The number of alkyl halides is 2. The highest BCUT2D eigenvalue weighted by Crippen LogP contribution is 2.21. The maximum Gasteiger partial charge on any atom is 0.159 e. The van der Waals surface area contributed by atoms with Crippen LogP contribution in [-0.2, 0) is 6.42 Å². The number of halogens is 2. The van der Waals surface area contributed by atoms with E-state index in [1.54, 1.807) is 12.4 Å². The molecule has 0 radical (unpaired) electrons. The molecule has 0 amide bonds. The number of hydrogen-bond donors (Lipinski definition) is 0. The zero-order chi connectivity index (χ0) is 24.4. The van der Waals surface area contributed by atoms with Gasteiger partial charge in [0.05, 0.1) is 0 Å². The number of benzene rings is 1. The van der Waals surface area contributed by atoms with Crippen LogP contribution in [0.1, 0.15) is 103 Å². The topological polar surface area (TPSA) is 35.0 Å². The quantitative estimate of drug-likeness (QED) is 0.191. The van der Waals surface area contributed by atoms with Gasteiger partial charge in [-0.1, -0.05) is 78.1 Å². The smallest absolute Gasteiger partial charge is 0.159 e. The molecule has 1 aromatic heterocycles. The lowest BCUT2D eigenvalue weighted by Gasteiger charge is -2.11. The summed E-state index contributed by atoms with van der Waals surface area (Å²) in [5.41, 5.74) is 1.83. The van der Waals surface area contributed by atoms with Gasteiger partial charge in [-0.15, -0.1) is 0 Å². The Morgan fingerprint density at radius 1 is 0.706 bits per heavy atom. The predicted octanol–water partition coefficient (Wildman–Crippen LogP) is 8.85. The van der Waals surface area contributed by atoms with Crippen LogP contribution in [0.4, 0.5) is 8.78 Å². The zero-order valence-electron chi connectivity index (χ0n) is 21.3. The number of aryl methyl sites for hydroxylation is 1. The van der Waals surface area contributed by atoms with Crippen molar-refractivity contribution in [2.45, 2.75) is 116 Å². The summed E-state index contributed by atoms with van der Waals surface area (Å²) in [6.45, 7) is 4.46. The number of hydrogen-bond acceptors (Lipinski definition) is 3. The van der Waals surface area contributed by atoms with Crippen LogP contribution in [0.5, 0.6) is 5.75 Å². The molecule has 0 bridgehead atoms. The Balaban J connectivity index is 1.68. The molecule has 1 heterocycles.